The molecule has 0 aromatic heterocycles. The SMILES string of the molecule is CC(=O)c1cccc(N2CCN(C(=O)Cc3cccc(F)c3)CC2)c1. The number of carbonyl (C=O) groups excluding carboxylic acids is 2. The molecule has 3 rings (SSSR count). The zero-order valence-corrected chi connectivity index (χ0v) is 14.2. The lowest BCUT2D eigenvalue weighted by atomic mass is 10.1. The minimum atomic E-state index is -0.319. The molecule has 1 amide bonds. The summed E-state index contributed by atoms with van der Waals surface area (Å²) in [6, 6.07) is 13.7. The summed E-state index contributed by atoms with van der Waals surface area (Å²) in [7, 11) is 0. The Labute approximate surface area is 146 Å². The fourth-order valence-corrected chi connectivity index (χ4v) is 3.07. The van der Waals surface area contributed by atoms with Crippen molar-refractivity contribution in [2.75, 3.05) is 31.1 Å². The molecule has 1 aliphatic rings. The van der Waals surface area contributed by atoms with Crippen molar-refractivity contribution >= 4 is 17.4 Å². The summed E-state index contributed by atoms with van der Waals surface area (Å²) in [5.41, 5.74) is 2.40. The summed E-state index contributed by atoms with van der Waals surface area (Å²) in [5, 5.41) is 0. The molecule has 1 saturated heterocycles. The molecule has 4 nitrogen and oxygen atoms in total. The fraction of sp³-hybridized carbons (Fsp3) is 0.300. The first-order chi connectivity index (χ1) is 12.0. The molecule has 2 aromatic carbocycles. The van der Waals surface area contributed by atoms with Crippen molar-refractivity contribution in [1.29, 1.82) is 0 Å². The van der Waals surface area contributed by atoms with Gasteiger partial charge in [0.25, 0.3) is 0 Å². The maximum atomic E-state index is 13.2. The number of hydrogen-bond donors (Lipinski definition) is 0. The van der Waals surface area contributed by atoms with E-state index in [1.807, 2.05) is 29.2 Å². The molecule has 2 aromatic rings. The van der Waals surface area contributed by atoms with E-state index in [1.54, 1.807) is 19.1 Å². The number of benzene rings is 2. The van der Waals surface area contributed by atoms with Crippen molar-refractivity contribution in [3.8, 4) is 0 Å². The van der Waals surface area contributed by atoms with Crippen LogP contribution in [0.2, 0.25) is 0 Å². The summed E-state index contributed by atoms with van der Waals surface area (Å²) >= 11 is 0. The summed E-state index contributed by atoms with van der Waals surface area (Å²) in [4.78, 5) is 27.9. The van der Waals surface area contributed by atoms with Crippen LogP contribution in [0.3, 0.4) is 0 Å². The Kier molecular flexibility index (Phi) is 5.12. The van der Waals surface area contributed by atoms with Gasteiger partial charge in [-0.15, -0.1) is 0 Å². The standard InChI is InChI=1S/C20H21FN2O2/c1-15(24)17-5-3-7-19(14-17)22-8-10-23(11-9-22)20(25)13-16-4-2-6-18(21)12-16/h2-7,12,14H,8-11,13H2,1H3. The maximum absolute atomic E-state index is 13.2. The van der Waals surface area contributed by atoms with Crippen molar-refractivity contribution in [3.05, 3.63) is 65.5 Å². The number of hydrogen-bond acceptors (Lipinski definition) is 3. The molecule has 130 valence electrons. The van der Waals surface area contributed by atoms with Crippen molar-refractivity contribution in [3.63, 3.8) is 0 Å². The first-order valence-electron chi connectivity index (χ1n) is 8.41. The normalized spacial score (nSPS) is 14.5. The van der Waals surface area contributed by atoms with Crippen LogP contribution in [0.25, 0.3) is 0 Å². The van der Waals surface area contributed by atoms with Crippen molar-refractivity contribution in [1.82, 2.24) is 4.90 Å². The zero-order chi connectivity index (χ0) is 17.8. The van der Waals surface area contributed by atoms with Gasteiger partial charge in [0.05, 0.1) is 6.42 Å². The van der Waals surface area contributed by atoms with Crippen molar-refractivity contribution in [2.24, 2.45) is 0 Å². The lowest BCUT2D eigenvalue weighted by Crippen LogP contribution is -2.49. The second-order valence-corrected chi connectivity index (χ2v) is 6.28. The predicted octanol–water partition coefficient (Wildman–Crippen LogP) is 2.92. The van der Waals surface area contributed by atoms with Gasteiger partial charge in [-0.3, -0.25) is 9.59 Å². The zero-order valence-electron chi connectivity index (χ0n) is 14.2. The average Bonchev–Trinajstić information content (AvgIpc) is 2.62. The molecule has 0 N–H and O–H groups in total. The molecule has 5 heteroatoms. The lowest BCUT2D eigenvalue weighted by molar-refractivity contribution is -0.130. The molecule has 0 aliphatic carbocycles. The van der Waals surface area contributed by atoms with Gasteiger partial charge in [0.15, 0.2) is 5.78 Å². The highest BCUT2D eigenvalue weighted by Crippen LogP contribution is 2.19. The number of anilines is 1. The molecule has 0 saturated carbocycles. The number of carbonyl (C=O) groups is 2. The van der Waals surface area contributed by atoms with Gasteiger partial charge < -0.3 is 9.80 Å². The van der Waals surface area contributed by atoms with E-state index in [0.717, 1.165) is 18.8 Å². The summed E-state index contributed by atoms with van der Waals surface area (Å²) in [5.74, 6) is -0.256. The molecular formula is C20H21FN2O2. The van der Waals surface area contributed by atoms with Crippen LogP contribution in [0.4, 0.5) is 10.1 Å². The van der Waals surface area contributed by atoms with E-state index in [4.69, 9.17) is 0 Å². The van der Waals surface area contributed by atoms with Gasteiger partial charge in [0.2, 0.25) is 5.91 Å². The summed E-state index contributed by atoms with van der Waals surface area (Å²) in [6.07, 6.45) is 0.220. The highest BCUT2D eigenvalue weighted by Gasteiger charge is 2.21. The molecule has 1 heterocycles. The van der Waals surface area contributed by atoms with E-state index in [9.17, 15) is 14.0 Å². The molecule has 0 atom stereocenters. The third kappa shape index (κ3) is 4.24. The van der Waals surface area contributed by atoms with Gasteiger partial charge in [-0.25, -0.2) is 4.39 Å². The minimum absolute atomic E-state index is 0.0164. The van der Waals surface area contributed by atoms with Gasteiger partial charge in [-0.1, -0.05) is 24.3 Å². The van der Waals surface area contributed by atoms with Crippen LogP contribution in [0.15, 0.2) is 48.5 Å². The number of halogens is 1. The second kappa shape index (κ2) is 7.47. The molecule has 25 heavy (non-hydrogen) atoms. The van der Waals surface area contributed by atoms with E-state index in [2.05, 4.69) is 4.90 Å². The van der Waals surface area contributed by atoms with E-state index in [1.165, 1.54) is 12.1 Å². The third-order valence-corrected chi connectivity index (χ3v) is 4.49. The number of ketones is 1. The number of Topliss-reactive ketones (excluding diaryl/α,β-unsaturated/α-hetero) is 1. The summed E-state index contributed by atoms with van der Waals surface area (Å²) < 4.78 is 13.2. The van der Waals surface area contributed by atoms with Gasteiger partial charge in [-0.05, 0) is 36.8 Å². The molecule has 0 spiro atoms. The van der Waals surface area contributed by atoms with Crippen molar-refractivity contribution in [2.45, 2.75) is 13.3 Å². The van der Waals surface area contributed by atoms with Crippen LogP contribution in [0, 0.1) is 5.82 Å². The molecule has 1 fully saturated rings. The predicted molar refractivity (Wildman–Crippen MR) is 95.3 cm³/mol. The lowest BCUT2D eigenvalue weighted by Gasteiger charge is -2.36. The first-order valence-corrected chi connectivity index (χ1v) is 8.41. The van der Waals surface area contributed by atoms with Gasteiger partial charge in [0.1, 0.15) is 5.82 Å². The van der Waals surface area contributed by atoms with Crippen LogP contribution in [-0.2, 0) is 11.2 Å². The number of amides is 1. The fourth-order valence-electron chi connectivity index (χ4n) is 3.07. The van der Waals surface area contributed by atoms with Crippen LogP contribution in [0.1, 0.15) is 22.8 Å². The van der Waals surface area contributed by atoms with E-state index in [-0.39, 0.29) is 23.9 Å². The summed E-state index contributed by atoms with van der Waals surface area (Å²) in [6.45, 7) is 4.24. The van der Waals surface area contributed by atoms with Gasteiger partial charge in [0, 0.05) is 37.4 Å². The Hall–Kier alpha value is -2.69. The van der Waals surface area contributed by atoms with Crippen molar-refractivity contribution < 1.29 is 14.0 Å². The third-order valence-electron chi connectivity index (χ3n) is 4.49. The van der Waals surface area contributed by atoms with Crippen LogP contribution in [0.5, 0.6) is 0 Å². The molecule has 0 unspecified atom stereocenters. The largest absolute Gasteiger partial charge is 0.368 e. The van der Waals surface area contributed by atoms with Crippen LogP contribution < -0.4 is 4.90 Å². The Morgan fingerprint density at radius 2 is 1.72 bits per heavy atom. The minimum Gasteiger partial charge on any atom is -0.368 e. The average molecular weight is 340 g/mol. The van der Waals surface area contributed by atoms with Gasteiger partial charge in [-0.2, -0.15) is 0 Å². The molecular weight excluding hydrogens is 319 g/mol. The van der Waals surface area contributed by atoms with Crippen LogP contribution in [-0.4, -0.2) is 42.8 Å². The first kappa shape index (κ1) is 17.1. The topological polar surface area (TPSA) is 40.6 Å². The smallest absolute Gasteiger partial charge is 0.227 e. The monoisotopic (exact) mass is 340 g/mol. The number of piperazine rings is 1. The van der Waals surface area contributed by atoms with E-state index >= 15 is 0 Å². The number of nitrogens with zero attached hydrogens (tertiary/aromatic N) is 2. The Bertz CT molecular complexity index is 783. The molecule has 0 bridgehead atoms. The van der Waals surface area contributed by atoms with E-state index < -0.39 is 0 Å². The Morgan fingerprint density at radius 3 is 2.40 bits per heavy atom. The van der Waals surface area contributed by atoms with E-state index in [0.29, 0.717) is 24.2 Å². The second-order valence-electron chi connectivity index (χ2n) is 6.28. The highest BCUT2D eigenvalue weighted by atomic mass is 19.1. The Balaban J connectivity index is 1.59. The quantitative estimate of drug-likeness (QED) is 0.804. The molecule has 1 aliphatic heterocycles. The maximum Gasteiger partial charge on any atom is 0.227 e. The number of rotatable bonds is 4. The van der Waals surface area contributed by atoms with Crippen LogP contribution >= 0.6 is 0 Å². The Morgan fingerprint density at radius 1 is 1.00 bits per heavy atom. The highest BCUT2D eigenvalue weighted by molar-refractivity contribution is 5.95. The molecule has 0 radical (unpaired) electrons. The van der Waals surface area contributed by atoms with Gasteiger partial charge >= 0.3 is 0 Å².